The van der Waals surface area contributed by atoms with Gasteiger partial charge in [-0.3, -0.25) is 4.79 Å². The zero-order valence-corrected chi connectivity index (χ0v) is 13.1. The van der Waals surface area contributed by atoms with Crippen molar-refractivity contribution in [2.45, 2.75) is 51.1 Å². The number of hydrogen-bond acceptors (Lipinski definition) is 4. The third-order valence-electron chi connectivity index (χ3n) is 4.61. The van der Waals surface area contributed by atoms with Crippen LogP contribution in [0.1, 0.15) is 45.4 Å². The van der Waals surface area contributed by atoms with E-state index >= 15 is 0 Å². The molecule has 5 heteroatoms. The number of likely N-dealkylation sites (tertiary alicyclic amines) is 1. The van der Waals surface area contributed by atoms with Crippen molar-refractivity contribution in [1.82, 2.24) is 4.90 Å². The van der Waals surface area contributed by atoms with Crippen molar-refractivity contribution in [3.63, 3.8) is 0 Å². The third-order valence-corrected chi connectivity index (χ3v) is 4.61. The minimum absolute atomic E-state index is 0.209. The first-order valence-electron chi connectivity index (χ1n) is 7.67. The maximum atomic E-state index is 12.3. The second-order valence-corrected chi connectivity index (χ2v) is 6.51. The van der Waals surface area contributed by atoms with Gasteiger partial charge in [-0.1, -0.05) is 6.92 Å². The SMILES string of the molecule is C#CCCC1(CCC(=O)N2CCC(C)(COC)CC2)N=N1. The van der Waals surface area contributed by atoms with E-state index < -0.39 is 0 Å². The smallest absolute Gasteiger partial charge is 0.222 e. The summed E-state index contributed by atoms with van der Waals surface area (Å²) >= 11 is 0. The molecule has 5 nitrogen and oxygen atoms in total. The first kappa shape index (κ1) is 16.0. The molecule has 1 fully saturated rings. The molecule has 1 amide bonds. The van der Waals surface area contributed by atoms with Crippen LogP contribution in [-0.2, 0) is 9.53 Å². The number of nitrogens with zero attached hydrogens (tertiary/aromatic N) is 3. The highest BCUT2D eigenvalue weighted by molar-refractivity contribution is 5.76. The van der Waals surface area contributed by atoms with E-state index in [2.05, 4.69) is 23.1 Å². The summed E-state index contributed by atoms with van der Waals surface area (Å²) in [7, 11) is 1.74. The Morgan fingerprint density at radius 3 is 2.52 bits per heavy atom. The summed E-state index contributed by atoms with van der Waals surface area (Å²) in [5.74, 6) is 2.82. The predicted molar refractivity (Wildman–Crippen MR) is 80.7 cm³/mol. The molecular formula is C16H25N3O2. The van der Waals surface area contributed by atoms with Crippen LogP contribution in [0.3, 0.4) is 0 Å². The molecule has 0 aromatic heterocycles. The molecular weight excluding hydrogens is 266 g/mol. The summed E-state index contributed by atoms with van der Waals surface area (Å²) in [6, 6.07) is 0. The van der Waals surface area contributed by atoms with Crippen molar-refractivity contribution in [3.05, 3.63) is 0 Å². The van der Waals surface area contributed by atoms with Crippen LogP contribution in [0.4, 0.5) is 0 Å². The number of terminal acetylenes is 1. The molecule has 1 saturated heterocycles. The van der Waals surface area contributed by atoms with Gasteiger partial charge >= 0.3 is 0 Å². The van der Waals surface area contributed by atoms with Crippen LogP contribution < -0.4 is 0 Å². The highest BCUT2D eigenvalue weighted by Crippen LogP contribution is 2.38. The topological polar surface area (TPSA) is 54.3 Å². The first-order valence-corrected chi connectivity index (χ1v) is 7.67. The van der Waals surface area contributed by atoms with Crippen LogP contribution >= 0.6 is 0 Å². The van der Waals surface area contributed by atoms with Gasteiger partial charge in [0.15, 0.2) is 5.66 Å². The summed E-state index contributed by atoms with van der Waals surface area (Å²) in [6.07, 6.45) is 9.91. The maximum absolute atomic E-state index is 12.3. The molecule has 21 heavy (non-hydrogen) atoms. The van der Waals surface area contributed by atoms with Gasteiger partial charge in [0, 0.05) is 45.9 Å². The average Bonchev–Trinajstić information content (AvgIpc) is 3.24. The lowest BCUT2D eigenvalue weighted by molar-refractivity contribution is -0.134. The first-order chi connectivity index (χ1) is 10.0. The fourth-order valence-corrected chi connectivity index (χ4v) is 2.92. The van der Waals surface area contributed by atoms with Crippen LogP contribution in [0.5, 0.6) is 0 Å². The molecule has 0 N–H and O–H groups in total. The molecule has 116 valence electrons. The van der Waals surface area contributed by atoms with Crippen molar-refractivity contribution in [1.29, 1.82) is 0 Å². The van der Waals surface area contributed by atoms with E-state index in [4.69, 9.17) is 11.2 Å². The van der Waals surface area contributed by atoms with Gasteiger partial charge in [0.2, 0.25) is 5.91 Å². The second kappa shape index (κ2) is 6.57. The summed E-state index contributed by atoms with van der Waals surface area (Å²) in [5, 5.41) is 8.16. The molecule has 0 spiro atoms. The molecule has 0 atom stereocenters. The molecule has 0 bridgehead atoms. The van der Waals surface area contributed by atoms with Gasteiger partial charge in [-0.2, -0.15) is 10.2 Å². The maximum Gasteiger partial charge on any atom is 0.222 e. The Bertz CT molecular complexity index is 439. The Balaban J connectivity index is 1.72. The monoisotopic (exact) mass is 291 g/mol. The van der Waals surface area contributed by atoms with E-state index in [0.717, 1.165) is 39.0 Å². The fourth-order valence-electron chi connectivity index (χ4n) is 2.92. The zero-order valence-electron chi connectivity index (χ0n) is 13.1. The third kappa shape index (κ3) is 4.28. The summed E-state index contributed by atoms with van der Waals surface area (Å²) in [4.78, 5) is 14.3. The number of piperidine rings is 1. The second-order valence-electron chi connectivity index (χ2n) is 6.51. The Labute approximate surface area is 127 Å². The largest absolute Gasteiger partial charge is 0.384 e. The van der Waals surface area contributed by atoms with Gasteiger partial charge in [-0.15, -0.1) is 12.3 Å². The molecule has 0 unspecified atom stereocenters. The number of ether oxygens (including phenoxy) is 1. The number of carbonyl (C=O) groups excluding carboxylic acids is 1. The van der Waals surface area contributed by atoms with Gasteiger partial charge < -0.3 is 9.64 Å². The minimum atomic E-state index is -0.345. The standard InChI is InChI=1S/C16H25N3O2/c1-4-5-7-16(17-18-16)8-6-14(20)19-11-9-15(2,10-12-19)13-21-3/h1H,5-13H2,2-3H3. The van der Waals surface area contributed by atoms with Gasteiger partial charge in [-0.05, 0) is 18.3 Å². The van der Waals surface area contributed by atoms with E-state index in [1.807, 2.05) is 4.90 Å². The van der Waals surface area contributed by atoms with E-state index in [1.165, 1.54) is 0 Å². The number of methoxy groups -OCH3 is 1. The van der Waals surface area contributed by atoms with E-state index in [9.17, 15) is 4.79 Å². The Hall–Kier alpha value is -1.41. The Morgan fingerprint density at radius 2 is 2.00 bits per heavy atom. The van der Waals surface area contributed by atoms with Gasteiger partial charge in [0.25, 0.3) is 0 Å². The lowest BCUT2D eigenvalue weighted by Gasteiger charge is -2.39. The van der Waals surface area contributed by atoms with Crippen LogP contribution in [0.25, 0.3) is 0 Å². The zero-order chi connectivity index (χ0) is 15.3. The normalized spacial score (nSPS) is 21.9. The summed E-state index contributed by atoms with van der Waals surface area (Å²) < 4.78 is 5.27. The van der Waals surface area contributed by atoms with Crippen molar-refractivity contribution in [3.8, 4) is 12.3 Å². The lowest BCUT2D eigenvalue weighted by atomic mass is 9.81. The molecule has 2 rings (SSSR count). The molecule has 0 aliphatic carbocycles. The lowest BCUT2D eigenvalue weighted by Crippen LogP contribution is -2.43. The number of amides is 1. The van der Waals surface area contributed by atoms with Crippen molar-refractivity contribution >= 4 is 5.91 Å². The summed E-state index contributed by atoms with van der Waals surface area (Å²) in [5.41, 5.74) is -0.136. The molecule has 0 aromatic carbocycles. The molecule has 0 saturated carbocycles. The van der Waals surface area contributed by atoms with Gasteiger partial charge in [0.1, 0.15) is 0 Å². The number of carbonyl (C=O) groups is 1. The molecule has 2 aliphatic heterocycles. The van der Waals surface area contributed by atoms with Gasteiger partial charge in [0.05, 0.1) is 6.61 Å². The Kier molecular flexibility index (Phi) is 5.00. The number of rotatable bonds is 7. The average molecular weight is 291 g/mol. The quantitative estimate of drug-likeness (QED) is 0.677. The number of hydrogen-bond donors (Lipinski definition) is 0. The van der Waals surface area contributed by atoms with Crippen LogP contribution in [0, 0.1) is 17.8 Å². The summed E-state index contributed by atoms with van der Waals surface area (Å²) in [6.45, 7) is 4.64. The molecule has 0 radical (unpaired) electrons. The van der Waals surface area contributed by atoms with E-state index in [-0.39, 0.29) is 17.0 Å². The fraction of sp³-hybridized carbons (Fsp3) is 0.812. The molecule has 0 aromatic rings. The van der Waals surface area contributed by atoms with Gasteiger partial charge in [-0.25, -0.2) is 0 Å². The molecule has 2 aliphatic rings. The van der Waals surface area contributed by atoms with E-state index in [0.29, 0.717) is 19.3 Å². The van der Waals surface area contributed by atoms with Crippen LogP contribution in [0.15, 0.2) is 10.2 Å². The van der Waals surface area contributed by atoms with Crippen molar-refractivity contribution in [2.75, 3.05) is 26.8 Å². The highest BCUT2D eigenvalue weighted by Gasteiger charge is 2.40. The van der Waals surface area contributed by atoms with Crippen molar-refractivity contribution < 1.29 is 9.53 Å². The molecule has 2 heterocycles. The van der Waals surface area contributed by atoms with Crippen LogP contribution in [-0.4, -0.2) is 43.3 Å². The van der Waals surface area contributed by atoms with E-state index in [1.54, 1.807) is 7.11 Å². The minimum Gasteiger partial charge on any atom is -0.384 e. The Morgan fingerprint density at radius 1 is 1.33 bits per heavy atom. The predicted octanol–water partition coefficient (Wildman–Crippen LogP) is 2.62. The van der Waals surface area contributed by atoms with Crippen molar-refractivity contribution in [2.24, 2.45) is 15.6 Å². The van der Waals surface area contributed by atoms with Crippen LogP contribution in [0.2, 0.25) is 0 Å². The highest BCUT2D eigenvalue weighted by atomic mass is 16.5.